The zero-order valence-electron chi connectivity index (χ0n) is 15.7. The Bertz CT molecular complexity index is 375. The third-order valence-corrected chi connectivity index (χ3v) is 4.00. The van der Waals surface area contributed by atoms with Crippen molar-refractivity contribution in [1.29, 1.82) is 0 Å². The van der Waals surface area contributed by atoms with Gasteiger partial charge in [0.2, 0.25) is 0 Å². The number of hydrogen-bond acceptors (Lipinski definition) is 6. The lowest BCUT2D eigenvalue weighted by Crippen LogP contribution is -2.58. The molecule has 140 valence electrons. The molecule has 0 heterocycles. The maximum absolute atomic E-state index is 11.4. The third-order valence-electron chi connectivity index (χ3n) is 3.05. The van der Waals surface area contributed by atoms with E-state index in [1.807, 2.05) is 41.5 Å². The molecular weight excluding hydrogens is 318 g/mol. The van der Waals surface area contributed by atoms with Crippen LogP contribution in [0.15, 0.2) is 0 Å². The van der Waals surface area contributed by atoms with E-state index in [2.05, 4.69) is 5.32 Å². The first kappa shape index (κ1) is 22.8. The van der Waals surface area contributed by atoms with Gasteiger partial charge in [-0.3, -0.25) is 0 Å². The highest BCUT2D eigenvalue weighted by Crippen LogP contribution is 2.12. The van der Waals surface area contributed by atoms with Crippen molar-refractivity contribution in [2.45, 2.75) is 65.4 Å². The van der Waals surface area contributed by atoms with E-state index >= 15 is 0 Å². The summed E-state index contributed by atoms with van der Waals surface area (Å²) in [4.78, 5) is 0. The van der Waals surface area contributed by atoms with E-state index in [0.29, 0.717) is 26.4 Å². The largest absolute Gasteiger partial charge is 0.377 e. The molecule has 0 saturated carbocycles. The molecule has 6 nitrogen and oxygen atoms in total. The van der Waals surface area contributed by atoms with Crippen LogP contribution < -0.4 is 5.32 Å². The third kappa shape index (κ3) is 12.8. The number of hydrogen-bond donors (Lipinski definition) is 1. The molecule has 7 heteroatoms. The van der Waals surface area contributed by atoms with Gasteiger partial charge >= 0.3 is 0 Å². The molecule has 0 aromatic heterocycles. The molecule has 0 spiro atoms. The Morgan fingerprint density at radius 3 is 1.43 bits per heavy atom. The topological polar surface area (TPSA) is 73.9 Å². The molecule has 0 bridgehead atoms. The van der Waals surface area contributed by atoms with E-state index in [0.717, 1.165) is 0 Å². The summed E-state index contributed by atoms with van der Waals surface area (Å²) >= 11 is 0. The van der Waals surface area contributed by atoms with Crippen LogP contribution in [-0.2, 0) is 24.0 Å². The van der Waals surface area contributed by atoms with Gasteiger partial charge in [-0.05, 0) is 41.5 Å². The van der Waals surface area contributed by atoms with Crippen LogP contribution in [0.5, 0.6) is 0 Å². The molecule has 23 heavy (non-hydrogen) atoms. The quantitative estimate of drug-likeness (QED) is 0.542. The van der Waals surface area contributed by atoms with Crippen molar-refractivity contribution in [3.63, 3.8) is 0 Å². The van der Waals surface area contributed by atoms with Crippen molar-refractivity contribution < 1.29 is 22.6 Å². The van der Waals surface area contributed by atoms with Crippen LogP contribution in [0.3, 0.4) is 0 Å². The molecule has 0 fully saturated rings. The van der Waals surface area contributed by atoms with E-state index in [9.17, 15) is 8.42 Å². The average Bonchev–Trinajstić information content (AvgIpc) is 2.38. The first-order chi connectivity index (χ1) is 10.5. The van der Waals surface area contributed by atoms with Crippen molar-refractivity contribution >= 4 is 9.84 Å². The fourth-order valence-corrected chi connectivity index (χ4v) is 2.23. The van der Waals surface area contributed by atoms with Crippen molar-refractivity contribution in [2.24, 2.45) is 0 Å². The number of nitrogens with one attached hydrogen (secondary N) is 1. The molecule has 0 unspecified atom stereocenters. The van der Waals surface area contributed by atoms with Gasteiger partial charge in [-0.2, -0.15) is 0 Å². The summed E-state index contributed by atoms with van der Waals surface area (Å²) in [6.45, 7) is 13.3. The maximum atomic E-state index is 11.4. The van der Waals surface area contributed by atoms with E-state index in [1.165, 1.54) is 6.26 Å². The predicted molar refractivity (Wildman–Crippen MR) is 93.7 cm³/mol. The van der Waals surface area contributed by atoms with Crippen molar-refractivity contribution in [1.82, 2.24) is 5.32 Å². The second-order valence-corrected chi connectivity index (χ2v) is 9.18. The smallest absolute Gasteiger partial charge is 0.148 e. The molecule has 0 rings (SSSR count). The van der Waals surface area contributed by atoms with E-state index in [-0.39, 0.29) is 24.1 Å². The first-order valence-electron chi connectivity index (χ1n) is 8.23. The summed E-state index contributed by atoms with van der Waals surface area (Å²) in [6.07, 6.45) is 1.45. The zero-order valence-corrected chi connectivity index (χ0v) is 16.5. The van der Waals surface area contributed by atoms with Gasteiger partial charge in [-0.25, -0.2) is 8.42 Å². The fourth-order valence-electron chi connectivity index (χ4n) is 1.76. The van der Waals surface area contributed by atoms with E-state index in [1.54, 1.807) is 0 Å². The van der Waals surface area contributed by atoms with Crippen molar-refractivity contribution in [3.8, 4) is 0 Å². The van der Waals surface area contributed by atoms with Gasteiger partial charge in [0.05, 0.1) is 49.4 Å². The molecule has 0 aromatic rings. The van der Waals surface area contributed by atoms with Crippen LogP contribution >= 0.6 is 0 Å². The fraction of sp³-hybridized carbons (Fsp3) is 1.00. The van der Waals surface area contributed by atoms with Crippen LogP contribution in [0.1, 0.15) is 41.5 Å². The van der Waals surface area contributed by atoms with Crippen LogP contribution in [0.2, 0.25) is 0 Å². The zero-order chi connectivity index (χ0) is 18.1. The molecule has 0 atom stereocenters. The van der Waals surface area contributed by atoms with E-state index in [4.69, 9.17) is 14.2 Å². The minimum Gasteiger partial charge on any atom is -0.377 e. The van der Waals surface area contributed by atoms with Crippen molar-refractivity contribution in [2.75, 3.05) is 38.4 Å². The summed E-state index contributed by atoms with van der Waals surface area (Å²) in [5.74, 6) is 0.0692. The van der Waals surface area contributed by atoms with Gasteiger partial charge in [0.1, 0.15) is 9.84 Å². The van der Waals surface area contributed by atoms with Crippen LogP contribution in [0.25, 0.3) is 0 Å². The monoisotopic (exact) mass is 353 g/mol. The molecule has 0 aliphatic heterocycles. The second kappa shape index (κ2) is 10.6. The highest BCUT2D eigenvalue weighted by molar-refractivity contribution is 7.90. The first-order valence-corrected chi connectivity index (χ1v) is 10.3. The molecule has 0 saturated heterocycles. The Morgan fingerprint density at radius 2 is 1.17 bits per heavy atom. The van der Waals surface area contributed by atoms with Gasteiger partial charge in [0.15, 0.2) is 0 Å². The van der Waals surface area contributed by atoms with Gasteiger partial charge in [0.25, 0.3) is 0 Å². The minimum atomic E-state index is -3.03. The molecular formula is C16H35NO5S. The number of rotatable bonds is 13. The SMILES string of the molecule is CC(C)OCC(COC(C)C)(COC(C)C)NCCS(C)(=O)=O. The van der Waals surface area contributed by atoms with Crippen LogP contribution in [0.4, 0.5) is 0 Å². The molecule has 0 aliphatic rings. The molecule has 0 aromatic carbocycles. The summed E-state index contributed by atoms with van der Waals surface area (Å²) in [6, 6.07) is 0. The summed E-state index contributed by atoms with van der Waals surface area (Å²) in [7, 11) is -3.03. The van der Waals surface area contributed by atoms with Gasteiger partial charge in [0, 0.05) is 12.8 Å². The number of ether oxygens (including phenoxy) is 3. The number of sulfone groups is 1. The van der Waals surface area contributed by atoms with E-state index < -0.39 is 15.4 Å². The molecule has 0 aliphatic carbocycles. The highest BCUT2D eigenvalue weighted by atomic mass is 32.2. The Kier molecular flexibility index (Phi) is 10.5. The second-order valence-electron chi connectivity index (χ2n) is 6.92. The lowest BCUT2D eigenvalue weighted by atomic mass is 10.0. The van der Waals surface area contributed by atoms with Crippen LogP contribution in [-0.4, -0.2) is 70.6 Å². The standard InChI is InChI=1S/C16H35NO5S/c1-13(2)20-10-16(11-21-14(3)4,12-22-15(5)6)17-8-9-23(7,18)19/h13-15,17H,8-12H2,1-7H3. The maximum Gasteiger partial charge on any atom is 0.148 e. The normalized spacial score (nSPS) is 13.5. The van der Waals surface area contributed by atoms with Gasteiger partial charge in [-0.15, -0.1) is 0 Å². The molecule has 0 amide bonds. The average molecular weight is 354 g/mol. The molecule has 0 radical (unpaired) electrons. The van der Waals surface area contributed by atoms with Gasteiger partial charge < -0.3 is 19.5 Å². The van der Waals surface area contributed by atoms with Gasteiger partial charge in [-0.1, -0.05) is 0 Å². The Balaban J connectivity index is 5.00. The van der Waals surface area contributed by atoms with Crippen LogP contribution in [0, 0.1) is 0 Å². The minimum absolute atomic E-state index is 0.0692. The highest BCUT2D eigenvalue weighted by Gasteiger charge is 2.32. The Labute approximate surface area is 142 Å². The summed E-state index contributed by atoms with van der Waals surface area (Å²) in [5, 5.41) is 3.30. The van der Waals surface area contributed by atoms with Crippen molar-refractivity contribution in [3.05, 3.63) is 0 Å². The summed E-state index contributed by atoms with van der Waals surface area (Å²) in [5.41, 5.74) is -0.566. The predicted octanol–water partition coefficient (Wildman–Crippen LogP) is 1.63. The lowest BCUT2D eigenvalue weighted by molar-refractivity contribution is -0.0730. The Hall–Kier alpha value is -0.210. The lowest BCUT2D eigenvalue weighted by Gasteiger charge is -2.36. The Morgan fingerprint density at radius 1 is 0.826 bits per heavy atom. The molecule has 1 N–H and O–H groups in total. The summed E-state index contributed by atoms with van der Waals surface area (Å²) < 4.78 is 40.1.